The maximum Gasteiger partial charge on any atom is 0.335 e. The van der Waals surface area contributed by atoms with Crippen molar-refractivity contribution in [2.45, 2.75) is 24.9 Å². The third kappa shape index (κ3) is 3.10. The van der Waals surface area contributed by atoms with E-state index < -0.39 is 28.9 Å². The Bertz CT molecular complexity index is 456. The van der Waals surface area contributed by atoms with Crippen LogP contribution in [0.1, 0.15) is 13.8 Å². The summed E-state index contributed by atoms with van der Waals surface area (Å²) in [4.78, 5) is 31.6. The van der Waals surface area contributed by atoms with Crippen LogP contribution in [0.2, 0.25) is 0 Å². The molecule has 0 saturated carbocycles. The minimum absolute atomic E-state index is 0.212. The van der Waals surface area contributed by atoms with E-state index in [1.165, 1.54) is 25.2 Å². The summed E-state index contributed by atoms with van der Waals surface area (Å²) in [5.41, 5.74) is -0.212. The van der Waals surface area contributed by atoms with E-state index >= 15 is 0 Å². The number of nitrogens with one attached hydrogen (secondary N) is 1. The number of hydrogen-bond acceptors (Lipinski definition) is 4. The minimum atomic E-state index is -1.60. The zero-order chi connectivity index (χ0) is 13.9. The Morgan fingerprint density at radius 3 is 2.50 bits per heavy atom. The number of amides is 1. The summed E-state index contributed by atoms with van der Waals surface area (Å²) in [6, 6.07) is 0. The summed E-state index contributed by atoms with van der Waals surface area (Å²) in [5, 5.41) is 11.4. The fourth-order valence-electron chi connectivity index (χ4n) is 1.57. The zero-order valence-electron chi connectivity index (χ0n) is 9.77. The molecule has 0 aromatic carbocycles. The van der Waals surface area contributed by atoms with Crippen LogP contribution in [-0.2, 0) is 19.1 Å². The van der Waals surface area contributed by atoms with Crippen molar-refractivity contribution in [1.29, 1.82) is 0 Å². The summed E-state index contributed by atoms with van der Waals surface area (Å²) in [7, 11) is 0. The molecule has 98 valence electrons. The molecule has 7 heteroatoms. The van der Waals surface area contributed by atoms with Crippen LogP contribution in [-0.4, -0.2) is 34.1 Å². The van der Waals surface area contributed by atoms with E-state index in [2.05, 4.69) is 5.32 Å². The van der Waals surface area contributed by atoms with Gasteiger partial charge in [0.25, 0.3) is 0 Å². The topological polar surface area (TPSA) is 92.7 Å². The maximum absolute atomic E-state index is 11.1. The second kappa shape index (κ2) is 5.22. The number of hydrogen-bond donors (Lipinski definition) is 2. The minimum Gasteiger partial charge on any atom is -0.478 e. The van der Waals surface area contributed by atoms with Crippen LogP contribution in [0.25, 0.3) is 0 Å². The quantitative estimate of drug-likeness (QED) is 0.445. The molecule has 0 aromatic heterocycles. The van der Waals surface area contributed by atoms with E-state index in [1.54, 1.807) is 0 Å². The van der Waals surface area contributed by atoms with Gasteiger partial charge in [-0.25, -0.2) is 4.79 Å². The first kappa shape index (κ1) is 14.2. The number of alkyl halides is 1. The van der Waals surface area contributed by atoms with Gasteiger partial charge in [-0.15, -0.1) is 0 Å². The number of carboxylic acids is 1. The first-order chi connectivity index (χ1) is 8.26. The standard InChI is InChI=1S/C11H12ClNO5/c1-6(14)13-11(12)5-3-4-8(10(16)17)9(11)18-7(2)15/h3-5,9H,1-2H3,(H,13,14)(H,16,17). The number of halogens is 1. The van der Waals surface area contributed by atoms with Crippen LogP contribution in [0.5, 0.6) is 0 Å². The molecule has 1 amide bonds. The fraction of sp³-hybridized carbons (Fsp3) is 0.364. The Kier molecular flexibility index (Phi) is 4.13. The van der Waals surface area contributed by atoms with Crippen molar-refractivity contribution in [2.24, 2.45) is 0 Å². The molecule has 0 aromatic rings. The lowest BCUT2D eigenvalue weighted by Crippen LogP contribution is -2.54. The van der Waals surface area contributed by atoms with Crippen LogP contribution in [0.4, 0.5) is 0 Å². The van der Waals surface area contributed by atoms with E-state index in [0.29, 0.717) is 0 Å². The average molecular weight is 274 g/mol. The first-order valence-corrected chi connectivity index (χ1v) is 5.41. The molecule has 2 unspecified atom stereocenters. The molecule has 0 aliphatic heterocycles. The Morgan fingerprint density at radius 2 is 2.06 bits per heavy atom. The van der Waals surface area contributed by atoms with Gasteiger partial charge in [0.05, 0.1) is 5.57 Å². The smallest absolute Gasteiger partial charge is 0.335 e. The lowest BCUT2D eigenvalue weighted by Gasteiger charge is -2.34. The molecular formula is C11H12ClNO5. The van der Waals surface area contributed by atoms with Crippen molar-refractivity contribution < 1.29 is 24.2 Å². The average Bonchev–Trinajstić information content (AvgIpc) is 2.18. The van der Waals surface area contributed by atoms with Gasteiger partial charge in [0.2, 0.25) is 5.91 Å². The van der Waals surface area contributed by atoms with Crippen molar-refractivity contribution in [2.75, 3.05) is 0 Å². The van der Waals surface area contributed by atoms with E-state index in [0.717, 1.165) is 6.92 Å². The molecule has 0 fully saturated rings. The summed E-state index contributed by atoms with van der Waals surface area (Å²) in [6.07, 6.45) is 2.71. The number of carbonyl (C=O) groups excluding carboxylic acids is 2. The van der Waals surface area contributed by atoms with Gasteiger partial charge >= 0.3 is 11.9 Å². The Morgan fingerprint density at radius 1 is 1.44 bits per heavy atom. The highest BCUT2D eigenvalue weighted by Gasteiger charge is 2.44. The first-order valence-electron chi connectivity index (χ1n) is 5.04. The number of aliphatic carboxylic acids is 1. The van der Waals surface area contributed by atoms with Gasteiger partial charge in [-0.3, -0.25) is 9.59 Å². The van der Waals surface area contributed by atoms with E-state index in [9.17, 15) is 14.4 Å². The molecule has 1 aliphatic rings. The van der Waals surface area contributed by atoms with Gasteiger partial charge in [-0.1, -0.05) is 17.7 Å². The number of esters is 1. The monoisotopic (exact) mass is 273 g/mol. The zero-order valence-corrected chi connectivity index (χ0v) is 10.5. The fourth-order valence-corrected chi connectivity index (χ4v) is 1.94. The summed E-state index contributed by atoms with van der Waals surface area (Å²) >= 11 is 6.12. The molecule has 0 spiro atoms. The SMILES string of the molecule is CC(=O)NC1(Cl)C=CC=C(C(=O)O)C1OC(C)=O. The lowest BCUT2D eigenvalue weighted by molar-refractivity contribution is -0.148. The predicted octanol–water partition coefficient (Wildman–Crippen LogP) is 0.570. The van der Waals surface area contributed by atoms with Crippen LogP contribution < -0.4 is 5.32 Å². The Balaban J connectivity index is 3.14. The summed E-state index contributed by atoms with van der Waals surface area (Å²) < 4.78 is 4.90. The predicted molar refractivity (Wildman–Crippen MR) is 62.8 cm³/mol. The van der Waals surface area contributed by atoms with Gasteiger partial charge in [-0.05, 0) is 12.2 Å². The molecule has 0 saturated heterocycles. The largest absolute Gasteiger partial charge is 0.478 e. The van der Waals surface area contributed by atoms with Crippen molar-refractivity contribution in [3.8, 4) is 0 Å². The number of ether oxygens (including phenoxy) is 1. The highest BCUT2D eigenvalue weighted by Crippen LogP contribution is 2.30. The molecule has 0 radical (unpaired) electrons. The van der Waals surface area contributed by atoms with E-state index in [-0.39, 0.29) is 5.57 Å². The third-order valence-corrected chi connectivity index (χ3v) is 2.60. The number of carbonyl (C=O) groups is 3. The van der Waals surface area contributed by atoms with Crippen LogP contribution in [0.3, 0.4) is 0 Å². The van der Waals surface area contributed by atoms with Gasteiger partial charge in [0, 0.05) is 13.8 Å². The third-order valence-electron chi connectivity index (χ3n) is 2.18. The molecule has 18 heavy (non-hydrogen) atoms. The number of rotatable bonds is 3. The molecule has 0 bridgehead atoms. The van der Waals surface area contributed by atoms with Gasteiger partial charge < -0.3 is 15.2 Å². The molecule has 1 aliphatic carbocycles. The highest BCUT2D eigenvalue weighted by molar-refractivity contribution is 6.27. The second-order valence-corrected chi connectivity index (χ2v) is 4.35. The molecule has 6 nitrogen and oxygen atoms in total. The van der Waals surface area contributed by atoms with E-state index in [1.807, 2.05) is 0 Å². The van der Waals surface area contributed by atoms with Crippen LogP contribution in [0.15, 0.2) is 23.8 Å². The van der Waals surface area contributed by atoms with Gasteiger partial charge in [0.1, 0.15) is 0 Å². The van der Waals surface area contributed by atoms with Crippen molar-refractivity contribution >= 4 is 29.4 Å². The molecule has 2 atom stereocenters. The summed E-state index contributed by atoms with van der Waals surface area (Å²) in [6.45, 7) is 2.35. The number of allylic oxidation sites excluding steroid dienone is 2. The van der Waals surface area contributed by atoms with Crippen molar-refractivity contribution in [1.82, 2.24) is 5.32 Å². The van der Waals surface area contributed by atoms with Crippen molar-refractivity contribution in [3.63, 3.8) is 0 Å². The van der Waals surface area contributed by atoms with E-state index in [4.69, 9.17) is 21.4 Å². The van der Waals surface area contributed by atoms with Crippen molar-refractivity contribution in [3.05, 3.63) is 23.8 Å². The van der Waals surface area contributed by atoms with Crippen LogP contribution >= 0.6 is 11.6 Å². The normalized spacial score (nSPS) is 26.2. The van der Waals surface area contributed by atoms with Gasteiger partial charge in [-0.2, -0.15) is 0 Å². The maximum atomic E-state index is 11.1. The van der Waals surface area contributed by atoms with Gasteiger partial charge in [0.15, 0.2) is 11.1 Å². The Hall–Kier alpha value is -1.82. The highest BCUT2D eigenvalue weighted by atomic mass is 35.5. The van der Waals surface area contributed by atoms with Crippen LogP contribution in [0, 0.1) is 0 Å². The lowest BCUT2D eigenvalue weighted by atomic mass is 9.96. The molecule has 2 N–H and O–H groups in total. The molecule has 1 rings (SSSR count). The molecule has 0 heterocycles. The second-order valence-electron chi connectivity index (χ2n) is 3.72. The number of carboxylic acid groups (broad SMARTS) is 1. The molecular weight excluding hydrogens is 262 g/mol. The Labute approximate surface area is 108 Å². The summed E-state index contributed by atoms with van der Waals surface area (Å²) in [5.74, 6) is -2.45.